The lowest BCUT2D eigenvalue weighted by atomic mass is 9.88. The number of anilines is 1. The molecule has 1 aromatic rings. The van der Waals surface area contributed by atoms with E-state index in [0.717, 1.165) is 31.9 Å². The molecule has 1 aromatic carbocycles. The third-order valence-electron chi connectivity index (χ3n) is 7.16. The minimum atomic E-state index is -3.42. The second kappa shape index (κ2) is 11.7. The molecule has 1 aliphatic carbocycles. The van der Waals surface area contributed by atoms with Crippen LogP contribution in [0, 0.1) is 11.8 Å². The number of nitrogens with zero attached hydrogens (tertiary/aromatic N) is 2. The summed E-state index contributed by atoms with van der Waals surface area (Å²) in [6, 6.07) is 4.87. The van der Waals surface area contributed by atoms with E-state index in [1.165, 1.54) is 17.8 Å². The predicted molar refractivity (Wildman–Crippen MR) is 135 cm³/mol. The smallest absolute Gasteiger partial charge is 0.227 e. The van der Waals surface area contributed by atoms with E-state index < -0.39 is 22.2 Å². The quantitative estimate of drug-likeness (QED) is 0.582. The van der Waals surface area contributed by atoms with Gasteiger partial charge in [0.15, 0.2) is 0 Å². The molecule has 0 radical (unpaired) electrons. The van der Waals surface area contributed by atoms with E-state index in [1.807, 2.05) is 6.92 Å². The van der Waals surface area contributed by atoms with Gasteiger partial charge in [0, 0.05) is 36.7 Å². The highest BCUT2D eigenvalue weighted by Gasteiger charge is 2.32. The fourth-order valence-electron chi connectivity index (χ4n) is 4.72. The van der Waals surface area contributed by atoms with Crippen LogP contribution in [-0.4, -0.2) is 79.7 Å². The summed E-state index contributed by atoms with van der Waals surface area (Å²) in [7, 11) is -1.92. The highest BCUT2D eigenvalue weighted by Crippen LogP contribution is 2.30. The van der Waals surface area contributed by atoms with Crippen LogP contribution in [0.15, 0.2) is 18.2 Å². The van der Waals surface area contributed by atoms with Gasteiger partial charge in [-0.1, -0.05) is 26.2 Å². The molecule has 1 saturated carbocycles. The second-order valence-corrected chi connectivity index (χ2v) is 12.2. The molecule has 2 N–H and O–H groups in total. The minimum Gasteiger partial charge on any atom is -0.488 e. The van der Waals surface area contributed by atoms with Crippen molar-refractivity contribution < 1.29 is 27.9 Å². The first-order chi connectivity index (χ1) is 16.5. The van der Waals surface area contributed by atoms with Gasteiger partial charge in [-0.15, -0.1) is 0 Å². The van der Waals surface area contributed by atoms with Crippen molar-refractivity contribution >= 4 is 27.5 Å². The molecule has 196 valence electrons. The zero-order valence-electron chi connectivity index (χ0n) is 21.2. The molecule has 3 rings (SSSR count). The van der Waals surface area contributed by atoms with Crippen LogP contribution < -0.4 is 10.1 Å². The standard InChI is InChI=1S/C25H39N3O6S/c1-17-14-28(18(2)16-29)24(30)13-20-12-21(26-25(31)19-8-6-5-7-9-19)10-11-22(20)34-23(17)15-27(3)35(4,32)33/h10-12,17-19,23,29H,5-9,13-16H2,1-4H3,(H,26,31)/t17-,18+,23-/m0/s1. The number of carbonyl (C=O) groups excluding carboxylic acids is 2. The fraction of sp³-hybridized carbons (Fsp3) is 0.680. The van der Waals surface area contributed by atoms with Crippen LogP contribution in [0.4, 0.5) is 5.69 Å². The summed E-state index contributed by atoms with van der Waals surface area (Å²) in [5, 5.41) is 12.7. The Morgan fingerprint density at radius 3 is 2.60 bits per heavy atom. The second-order valence-electron chi connectivity index (χ2n) is 10.1. The molecule has 0 spiro atoms. The van der Waals surface area contributed by atoms with Crippen LogP contribution in [0.3, 0.4) is 0 Å². The van der Waals surface area contributed by atoms with Crippen LogP contribution in [0.2, 0.25) is 0 Å². The van der Waals surface area contributed by atoms with E-state index in [-0.39, 0.29) is 43.2 Å². The zero-order valence-corrected chi connectivity index (χ0v) is 22.0. The van der Waals surface area contributed by atoms with Gasteiger partial charge in [-0.25, -0.2) is 12.7 Å². The van der Waals surface area contributed by atoms with Gasteiger partial charge >= 0.3 is 0 Å². The van der Waals surface area contributed by atoms with Crippen LogP contribution >= 0.6 is 0 Å². The maximum absolute atomic E-state index is 13.3. The highest BCUT2D eigenvalue weighted by atomic mass is 32.2. The van der Waals surface area contributed by atoms with E-state index >= 15 is 0 Å². The molecule has 0 aromatic heterocycles. The summed E-state index contributed by atoms with van der Waals surface area (Å²) in [4.78, 5) is 27.7. The van der Waals surface area contributed by atoms with Crippen molar-refractivity contribution in [2.45, 2.75) is 64.5 Å². The number of amides is 2. The van der Waals surface area contributed by atoms with Crippen molar-refractivity contribution in [1.29, 1.82) is 0 Å². The molecule has 10 heteroatoms. The lowest BCUT2D eigenvalue weighted by Gasteiger charge is -2.33. The summed E-state index contributed by atoms with van der Waals surface area (Å²) in [6.07, 6.45) is 5.74. The number of hydrogen-bond acceptors (Lipinski definition) is 6. The normalized spacial score (nSPS) is 23.0. The molecule has 0 bridgehead atoms. The van der Waals surface area contributed by atoms with Crippen LogP contribution in [0.5, 0.6) is 5.75 Å². The van der Waals surface area contributed by atoms with Gasteiger partial charge in [0.2, 0.25) is 21.8 Å². The molecule has 1 fully saturated rings. The van der Waals surface area contributed by atoms with Crippen molar-refractivity contribution in [3.63, 3.8) is 0 Å². The predicted octanol–water partition coefficient (Wildman–Crippen LogP) is 2.25. The third-order valence-corrected chi connectivity index (χ3v) is 8.44. The first-order valence-electron chi connectivity index (χ1n) is 12.4. The first-order valence-corrected chi connectivity index (χ1v) is 14.3. The Morgan fingerprint density at radius 1 is 1.29 bits per heavy atom. The Balaban J connectivity index is 1.91. The summed E-state index contributed by atoms with van der Waals surface area (Å²) in [5.74, 6) is 0.137. The van der Waals surface area contributed by atoms with Gasteiger partial charge in [0.1, 0.15) is 11.9 Å². The minimum absolute atomic E-state index is 0.00299. The van der Waals surface area contributed by atoms with E-state index in [1.54, 1.807) is 30.0 Å². The molecule has 0 saturated heterocycles. The van der Waals surface area contributed by atoms with Gasteiger partial charge < -0.3 is 20.1 Å². The molecule has 2 amide bonds. The summed E-state index contributed by atoms with van der Waals surface area (Å²) in [6.45, 7) is 3.95. The number of likely N-dealkylation sites (N-methyl/N-ethyl adjacent to an activating group) is 1. The van der Waals surface area contributed by atoms with Crippen molar-refractivity contribution in [3.05, 3.63) is 23.8 Å². The van der Waals surface area contributed by atoms with Crippen molar-refractivity contribution in [2.75, 3.05) is 38.3 Å². The van der Waals surface area contributed by atoms with E-state index in [9.17, 15) is 23.1 Å². The van der Waals surface area contributed by atoms with E-state index in [2.05, 4.69) is 5.32 Å². The Bertz CT molecular complexity index is 1010. The van der Waals surface area contributed by atoms with Gasteiger partial charge in [0.25, 0.3) is 0 Å². The average Bonchev–Trinajstić information content (AvgIpc) is 2.86. The number of ether oxygens (including phenoxy) is 1. The molecule has 3 atom stereocenters. The van der Waals surface area contributed by atoms with Gasteiger partial charge in [-0.05, 0) is 38.0 Å². The number of aliphatic hydroxyl groups is 1. The van der Waals surface area contributed by atoms with Crippen molar-refractivity contribution in [1.82, 2.24) is 9.21 Å². The lowest BCUT2D eigenvalue weighted by Crippen LogP contribution is -2.48. The monoisotopic (exact) mass is 509 g/mol. The molecule has 1 aliphatic heterocycles. The molecule has 9 nitrogen and oxygen atoms in total. The summed E-state index contributed by atoms with van der Waals surface area (Å²) < 4.78 is 31.7. The summed E-state index contributed by atoms with van der Waals surface area (Å²) >= 11 is 0. The highest BCUT2D eigenvalue weighted by molar-refractivity contribution is 7.88. The maximum atomic E-state index is 13.3. The number of carbonyl (C=O) groups is 2. The van der Waals surface area contributed by atoms with Crippen LogP contribution in [0.1, 0.15) is 51.5 Å². The number of aliphatic hydroxyl groups excluding tert-OH is 1. The van der Waals surface area contributed by atoms with Gasteiger partial charge in [0.05, 0.1) is 31.9 Å². The Labute approximate surface area is 208 Å². The van der Waals surface area contributed by atoms with Crippen LogP contribution in [-0.2, 0) is 26.0 Å². The van der Waals surface area contributed by atoms with Crippen LogP contribution in [0.25, 0.3) is 0 Å². The molecule has 0 unspecified atom stereocenters. The van der Waals surface area contributed by atoms with Gasteiger partial charge in [-0.2, -0.15) is 0 Å². The van der Waals surface area contributed by atoms with Crippen molar-refractivity contribution in [2.24, 2.45) is 11.8 Å². The van der Waals surface area contributed by atoms with Gasteiger partial charge in [-0.3, -0.25) is 9.59 Å². The fourth-order valence-corrected chi connectivity index (χ4v) is 5.14. The number of fused-ring (bicyclic) bond motifs is 1. The largest absolute Gasteiger partial charge is 0.488 e. The molecule has 35 heavy (non-hydrogen) atoms. The number of rotatable bonds is 7. The average molecular weight is 510 g/mol. The first kappa shape index (κ1) is 27.4. The topological polar surface area (TPSA) is 116 Å². The molecular formula is C25H39N3O6S. The third kappa shape index (κ3) is 7.17. The number of nitrogens with one attached hydrogen (secondary N) is 1. The number of hydrogen-bond donors (Lipinski definition) is 2. The SMILES string of the molecule is C[C@H](CO)N1C[C@H](C)[C@H](CN(C)S(C)(=O)=O)Oc2ccc(NC(=O)C3CCCCC3)cc2CC1=O. The molecular weight excluding hydrogens is 470 g/mol. The Morgan fingerprint density at radius 2 is 1.97 bits per heavy atom. The molecule has 1 heterocycles. The Kier molecular flexibility index (Phi) is 9.17. The lowest BCUT2D eigenvalue weighted by molar-refractivity contribution is -0.134. The Hall–Kier alpha value is -2.17. The maximum Gasteiger partial charge on any atom is 0.227 e. The number of benzene rings is 1. The number of sulfonamides is 1. The van der Waals surface area contributed by atoms with E-state index in [4.69, 9.17) is 4.74 Å². The summed E-state index contributed by atoms with van der Waals surface area (Å²) in [5.41, 5.74) is 1.22. The van der Waals surface area contributed by atoms with Crippen molar-refractivity contribution in [3.8, 4) is 5.75 Å². The van der Waals surface area contributed by atoms with E-state index in [0.29, 0.717) is 23.5 Å². The zero-order chi connectivity index (χ0) is 25.8. The molecule has 2 aliphatic rings.